The number of nitrogens with zero attached hydrogens (tertiary/aromatic N) is 4. The zero-order valence-electron chi connectivity index (χ0n) is 21.0. The van der Waals surface area contributed by atoms with Crippen LogP contribution in [-0.4, -0.2) is 49.4 Å². The summed E-state index contributed by atoms with van der Waals surface area (Å²) in [6.45, 7) is -0.163. The monoisotopic (exact) mass is 561 g/mol. The van der Waals surface area contributed by atoms with Gasteiger partial charge in [-0.05, 0) is 47.9 Å². The van der Waals surface area contributed by atoms with Crippen molar-refractivity contribution in [3.05, 3.63) is 114 Å². The van der Waals surface area contributed by atoms with Crippen LogP contribution < -0.4 is 4.31 Å². The van der Waals surface area contributed by atoms with Gasteiger partial charge in [-0.25, -0.2) is 21.8 Å². The summed E-state index contributed by atoms with van der Waals surface area (Å²) in [5, 5.41) is 9.55. The molecule has 5 rings (SSSR count). The average molecular weight is 562 g/mol. The Balaban J connectivity index is 1.62. The van der Waals surface area contributed by atoms with Gasteiger partial charge in [-0.3, -0.25) is 4.31 Å². The van der Waals surface area contributed by atoms with E-state index in [1.807, 2.05) is 30.3 Å². The lowest BCUT2D eigenvalue weighted by molar-refractivity contribution is 0.322. The lowest BCUT2D eigenvalue weighted by atomic mass is 10.1. The van der Waals surface area contributed by atoms with E-state index in [2.05, 4.69) is 16.0 Å². The number of sulfonamides is 2. The van der Waals surface area contributed by atoms with Crippen molar-refractivity contribution in [2.24, 2.45) is 0 Å². The van der Waals surface area contributed by atoms with Gasteiger partial charge in [0.15, 0.2) is 0 Å². The summed E-state index contributed by atoms with van der Waals surface area (Å²) >= 11 is 0. The van der Waals surface area contributed by atoms with Gasteiger partial charge < -0.3 is 4.98 Å². The smallest absolute Gasteiger partial charge is 0.243 e. The fourth-order valence-corrected chi connectivity index (χ4v) is 7.96. The predicted octanol–water partition coefficient (Wildman–Crippen LogP) is 3.48. The molecule has 4 aromatic rings. The molecule has 0 bridgehead atoms. The number of nitrogens with one attached hydrogen (secondary N) is 1. The molecule has 1 aromatic heterocycles. The number of benzene rings is 3. The highest BCUT2D eigenvalue weighted by Gasteiger charge is 2.39. The minimum Gasteiger partial charge on any atom is -0.349 e. The number of imidazole rings is 1. The van der Waals surface area contributed by atoms with Gasteiger partial charge in [0, 0.05) is 31.4 Å². The standard InChI is InChI=1S/C28H27N5O4S2/c29-19-23-11-12-27-24(17-23)20-32(39(36,37)26-9-5-2-6-10-26)25(18-22-7-3-1-4-8-22)21-33(27)38(34,35)16-13-28-30-14-15-31-28/h1-12,14-15,17,25H,13,16,18,20-21H2,(H,30,31). The van der Waals surface area contributed by atoms with Gasteiger partial charge in [-0.1, -0.05) is 48.5 Å². The van der Waals surface area contributed by atoms with E-state index in [9.17, 15) is 22.1 Å². The van der Waals surface area contributed by atoms with E-state index in [-0.39, 0.29) is 30.2 Å². The van der Waals surface area contributed by atoms with E-state index in [0.29, 0.717) is 29.1 Å². The number of H-pyrrole nitrogens is 1. The van der Waals surface area contributed by atoms with Crippen molar-refractivity contribution in [2.75, 3.05) is 16.6 Å². The number of aromatic amines is 1. The minimum absolute atomic E-state index is 0.0796. The maximum atomic E-state index is 14.0. The highest BCUT2D eigenvalue weighted by Crippen LogP contribution is 2.34. The molecule has 0 radical (unpaired) electrons. The molecule has 1 aliphatic rings. The molecule has 1 atom stereocenters. The van der Waals surface area contributed by atoms with Crippen molar-refractivity contribution in [2.45, 2.75) is 30.3 Å². The fraction of sp³-hybridized carbons (Fsp3) is 0.214. The van der Waals surface area contributed by atoms with E-state index in [4.69, 9.17) is 0 Å². The third kappa shape index (κ3) is 5.73. The Kier molecular flexibility index (Phi) is 7.52. The first-order valence-electron chi connectivity index (χ1n) is 12.4. The molecule has 1 N–H and O–H groups in total. The molecule has 0 amide bonds. The average Bonchev–Trinajstić information content (AvgIpc) is 3.42. The predicted molar refractivity (Wildman–Crippen MR) is 148 cm³/mol. The maximum absolute atomic E-state index is 14.0. The number of aromatic nitrogens is 2. The van der Waals surface area contributed by atoms with Gasteiger partial charge in [-0.15, -0.1) is 0 Å². The Morgan fingerprint density at radius 2 is 1.69 bits per heavy atom. The summed E-state index contributed by atoms with van der Waals surface area (Å²) < 4.78 is 58.4. The molecule has 0 saturated carbocycles. The molecule has 1 unspecified atom stereocenters. The van der Waals surface area contributed by atoms with Crippen LogP contribution in [0, 0.1) is 11.3 Å². The Hall–Kier alpha value is -3.98. The first-order chi connectivity index (χ1) is 18.8. The minimum atomic E-state index is -4.02. The summed E-state index contributed by atoms with van der Waals surface area (Å²) in [6.07, 6.45) is 3.67. The molecule has 1 aliphatic heterocycles. The van der Waals surface area contributed by atoms with Crippen LogP contribution in [0.1, 0.15) is 22.5 Å². The van der Waals surface area contributed by atoms with Crippen molar-refractivity contribution in [3.63, 3.8) is 0 Å². The molecule has 11 heteroatoms. The Morgan fingerprint density at radius 3 is 2.36 bits per heavy atom. The number of hydrogen-bond acceptors (Lipinski definition) is 6. The lowest BCUT2D eigenvalue weighted by Crippen LogP contribution is -2.47. The van der Waals surface area contributed by atoms with Crippen LogP contribution in [0.4, 0.5) is 5.69 Å². The molecule has 200 valence electrons. The molecular weight excluding hydrogens is 534 g/mol. The Morgan fingerprint density at radius 1 is 0.974 bits per heavy atom. The van der Waals surface area contributed by atoms with Crippen molar-refractivity contribution >= 4 is 25.7 Å². The van der Waals surface area contributed by atoms with Gasteiger partial charge in [0.25, 0.3) is 0 Å². The van der Waals surface area contributed by atoms with Gasteiger partial charge in [-0.2, -0.15) is 9.57 Å². The number of aryl methyl sites for hydroxylation is 1. The molecule has 9 nitrogen and oxygen atoms in total. The quantitative estimate of drug-likeness (QED) is 0.351. The van der Waals surface area contributed by atoms with Crippen LogP contribution in [-0.2, 0) is 39.4 Å². The molecule has 0 spiro atoms. The molecule has 0 saturated heterocycles. The lowest BCUT2D eigenvalue weighted by Gasteiger charge is -2.32. The zero-order chi connectivity index (χ0) is 27.5. The Labute approximate surface area is 228 Å². The van der Waals surface area contributed by atoms with Crippen LogP contribution in [0.5, 0.6) is 0 Å². The van der Waals surface area contributed by atoms with Crippen molar-refractivity contribution < 1.29 is 16.8 Å². The third-order valence-electron chi connectivity index (χ3n) is 6.74. The normalized spacial score (nSPS) is 16.3. The van der Waals surface area contributed by atoms with E-state index in [1.54, 1.807) is 48.8 Å². The van der Waals surface area contributed by atoms with Crippen molar-refractivity contribution in [1.29, 1.82) is 5.26 Å². The second kappa shape index (κ2) is 11.0. The molecule has 3 aromatic carbocycles. The van der Waals surface area contributed by atoms with Gasteiger partial charge in [0.2, 0.25) is 20.0 Å². The first kappa shape index (κ1) is 26.6. The highest BCUT2D eigenvalue weighted by atomic mass is 32.2. The topological polar surface area (TPSA) is 127 Å². The van der Waals surface area contributed by atoms with Crippen molar-refractivity contribution in [3.8, 4) is 6.07 Å². The summed E-state index contributed by atoms with van der Waals surface area (Å²) in [5.41, 5.74) is 2.02. The van der Waals surface area contributed by atoms with E-state index in [0.717, 1.165) is 5.56 Å². The number of hydrogen-bond donors (Lipinski definition) is 1. The van der Waals surface area contributed by atoms with Crippen LogP contribution >= 0.6 is 0 Å². The largest absolute Gasteiger partial charge is 0.349 e. The maximum Gasteiger partial charge on any atom is 0.243 e. The number of nitriles is 1. The fourth-order valence-electron chi connectivity index (χ4n) is 4.80. The third-order valence-corrected chi connectivity index (χ3v) is 10.4. The number of anilines is 1. The van der Waals surface area contributed by atoms with E-state index >= 15 is 0 Å². The molecule has 2 heterocycles. The van der Waals surface area contributed by atoms with Crippen LogP contribution in [0.2, 0.25) is 0 Å². The second-order valence-corrected chi connectivity index (χ2v) is 13.2. The number of fused-ring (bicyclic) bond motifs is 1. The van der Waals surface area contributed by atoms with Crippen molar-refractivity contribution in [1.82, 2.24) is 14.3 Å². The van der Waals surface area contributed by atoms with E-state index in [1.165, 1.54) is 20.7 Å². The molecule has 0 aliphatic carbocycles. The van der Waals surface area contributed by atoms with Gasteiger partial charge in [0.1, 0.15) is 5.82 Å². The summed E-state index contributed by atoms with van der Waals surface area (Å²) in [5.74, 6) is 0.325. The van der Waals surface area contributed by atoms with Crippen LogP contribution in [0.15, 0.2) is 96.2 Å². The van der Waals surface area contributed by atoms with E-state index < -0.39 is 26.1 Å². The van der Waals surface area contributed by atoms with Gasteiger partial charge >= 0.3 is 0 Å². The zero-order valence-corrected chi connectivity index (χ0v) is 22.6. The molecule has 0 fully saturated rings. The van der Waals surface area contributed by atoms with Gasteiger partial charge in [0.05, 0.1) is 34.5 Å². The SMILES string of the molecule is N#Cc1ccc2c(c1)CN(S(=O)(=O)c1ccccc1)C(Cc1ccccc1)CN2S(=O)(=O)CCc1ncc[nH]1. The molecular formula is C28H27N5O4S2. The summed E-state index contributed by atoms with van der Waals surface area (Å²) in [4.78, 5) is 7.19. The van der Waals surface area contributed by atoms with Crippen LogP contribution in [0.25, 0.3) is 0 Å². The Bertz CT molecular complexity index is 1690. The summed E-state index contributed by atoms with van der Waals surface area (Å²) in [7, 11) is -7.93. The second-order valence-electron chi connectivity index (χ2n) is 9.30. The first-order valence-corrected chi connectivity index (χ1v) is 15.5. The molecule has 39 heavy (non-hydrogen) atoms. The number of rotatable bonds is 8. The highest BCUT2D eigenvalue weighted by molar-refractivity contribution is 7.92. The van der Waals surface area contributed by atoms with Crippen LogP contribution in [0.3, 0.4) is 0 Å². The summed E-state index contributed by atoms with van der Waals surface area (Å²) in [6, 6.07) is 23.6.